The molecule has 3 aliphatic heterocycles. The highest BCUT2D eigenvalue weighted by Crippen LogP contribution is 2.38. The molecule has 3 aliphatic carbocycles. The molecule has 8 atom stereocenters. The highest BCUT2D eigenvalue weighted by Gasteiger charge is 2.51. The number of likely N-dealkylation sites (tertiary alicyclic amines) is 1. The van der Waals surface area contributed by atoms with E-state index in [2.05, 4.69) is 16.0 Å². The van der Waals surface area contributed by atoms with Gasteiger partial charge in [0.25, 0.3) is 0 Å². The highest BCUT2D eigenvalue weighted by atomic mass is 35.5. The molecule has 1 spiro atoms. The number of carbonyl (C=O) groups is 12. The van der Waals surface area contributed by atoms with Gasteiger partial charge in [-0.1, -0.05) is 103 Å². The largest absolute Gasteiger partial charge is 0.417 e. The molecule has 546 valence electrons. The summed E-state index contributed by atoms with van der Waals surface area (Å²) in [5.41, 5.74) is -2.35. The zero-order chi connectivity index (χ0) is 72.2. The summed E-state index contributed by atoms with van der Waals surface area (Å²) in [4.78, 5) is 189. The number of hydrogen-bond donors (Lipinski definition) is 3. The molecule has 3 saturated carbocycles. The van der Waals surface area contributed by atoms with E-state index in [1.165, 1.54) is 79.9 Å². The van der Waals surface area contributed by atoms with E-state index in [9.17, 15) is 46.7 Å². The molecule has 6 aliphatic rings. The molecule has 7 rings (SSSR count). The molecule has 1 aromatic rings. The van der Waals surface area contributed by atoms with E-state index >= 15 is 24.0 Å². The fraction of sp³-hybridized carbons (Fsp3) is 0.743. The van der Waals surface area contributed by atoms with Crippen molar-refractivity contribution < 1.29 is 70.7 Å². The van der Waals surface area contributed by atoms with Crippen LogP contribution in [0, 0.1) is 23.7 Å². The molecule has 3 N–H and O–H groups in total. The number of nitrogens with one attached hydrogen (secondary N) is 3. The van der Waals surface area contributed by atoms with Crippen LogP contribution < -0.4 is 16.0 Å². The molecule has 98 heavy (non-hydrogen) atoms. The van der Waals surface area contributed by atoms with Crippen molar-refractivity contribution in [2.24, 2.45) is 23.7 Å². The summed E-state index contributed by atoms with van der Waals surface area (Å²) in [7, 11) is 9.93. The quantitative estimate of drug-likeness (QED) is 0.271. The van der Waals surface area contributed by atoms with Crippen molar-refractivity contribution in [3.05, 3.63) is 34.3 Å². The number of nitrogens with zero attached hydrogens (tertiary/aromatic N) is 9. The molecule has 12 amide bonds. The Labute approximate surface area is 580 Å². The first-order valence-corrected chi connectivity index (χ1v) is 35.7. The maximum Gasteiger partial charge on any atom is 0.417 e. The molecule has 24 nitrogen and oxygen atoms in total. The Morgan fingerprint density at radius 2 is 1.26 bits per heavy atom. The zero-order valence-corrected chi connectivity index (χ0v) is 60.1. The first kappa shape index (κ1) is 78.3. The summed E-state index contributed by atoms with van der Waals surface area (Å²) >= 11 is 6.14. The van der Waals surface area contributed by atoms with Crippen LogP contribution in [-0.2, 0) is 70.1 Å². The molecular weight excluding hydrogens is 1290 g/mol. The van der Waals surface area contributed by atoms with Crippen LogP contribution in [0.2, 0.25) is 5.02 Å². The van der Waals surface area contributed by atoms with Gasteiger partial charge in [-0.25, -0.2) is 0 Å². The molecule has 3 heterocycles. The minimum absolute atomic E-state index is 0.0216. The van der Waals surface area contributed by atoms with Crippen molar-refractivity contribution >= 4 is 82.5 Å². The van der Waals surface area contributed by atoms with Gasteiger partial charge in [0.1, 0.15) is 47.8 Å². The third kappa shape index (κ3) is 18.9. The van der Waals surface area contributed by atoms with Crippen molar-refractivity contribution in [2.75, 3.05) is 88.6 Å². The predicted octanol–water partition coefficient (Wildman–Crippen LogP) is 5.25. The minimum atomic E-state index is -4.76. The Morgan fingerprint density at radius 3 is 1.85 bits per heavy atom. The van der Waals surface area contributed by atoms with E-state index in [0.717, 1.165) is 71.8 Å². The van der Waals surface area contributed by atoms with E-state index in [0.29, 0.717) is 70.0 Å². The second-order valence-corrected chi connectivity index (χ2v) is 29.4. The molecule has 0 aromatic heterocycles. The normalized spacial score (nSPS) is 27.0. The Morgan fingerprint density at radius 1 is 0.633 bits per heavy atom. The summed E-state index contributed by atoms with van der Waals surface area (Å²) < 4.78 is 41.5. The number of fused-ring (bicyclic) bond motifs is 1. The lowest BCUT2D eigenvalue weighted by molar-refractivity contribution is -0.156. The molecule has 3 saturated heterocycles. The summed E-state index contributed by atoms with van der Waals surface area (Å²) in [6.45, 7) is 6.20. The van der Waals surface area contributed by atoms with Crippen LogP contribution in [0.3, 0.4) is 0 Å². The average molecular weight is 1400 g/mol. The number of aryl methyl sites for hydroxylation is 1. The van der Waals surface area contributed by atoms with Crippen LogP contribution in [0.25, 0.3) is 0 Å². The van der Waals surface area contributed by atoms with Gasteiger partial charge in [0.05, 0.1) is 36.6 Å². The SMILES string of the molecule is CC[C@H](C)[C@@H]1NC(=O)[C@H](C2CCC2)N(C)C(=O)C[C@@H](C(=O)N2CCCCC2)N(C)C(=O)[C@H](C(C)C)N(C)C(=O)C2(CCCC2)NC(=O)[C@@H]2CCCN2C(=O)[C@H](CCc2ccc(C(F)(F)F)c(Cl)c2)NC(=O)CN(C)C(=O)[C@H](CC2CCCCC2)N(C)C(=O)CN(C)C(=O)CN(C)C1=O. The first-order valence-electron chi connectivity index (χ1n) is 35.4. The highest BCUT2D eigenvalue weighted by molar-refractivity contribution is 6.31. The van der Waals surface area contributed by atoms with Gasteiger partial charge in [-0.05, 0) is 118 Å². The van der Waals surface area contributed by atoms with Crippen molar-refractivity contribution in [2.45, 2.75) is 223 Å². The monoisotopic (exact) mass is 1400 g/mol. The number of halogens is 4. The molecular formula is C70H106ClF3N12O12. The predicted molar refractivity (Wildman–Crippen MR) is 360 cm³/mol. The van der Waals surface area contributed by atoms with Crippen LogP contribution in [0.4, 0.5) is 13.2 Å². The topological polar surface area (TPSA) is 270 Å². The number of amides is 12. The van der Waals surface area contributed by atoms with Crippen molar-refractivity contribution in [1.29, 1.82) is 0 Å². The molecule has 28 heteroatoms. The number of benzene rings is 1. The Balaban J connectivity index is 1.26. The lowest BCUT2D eigenvalue weighted by Gasteiger charge is -2.42. The molecule has 6 fully saturated rings. The van der Waals surface area contributed by atoms with Crippen LogP contribution in [0.15, 0.2) is 18.2 Å². The van der Waals surface area contributed by atoms with Crippen molar-refractivity contribution in [3.63, 3.8) is 0 Å². The van der Waals surface area contributed by atoms with E-state index in [1.54, 1.807) is 25.7 Å². The van der Waals surface area contributed by atoms with Gasteiger partial charge in [-0.2, -0.15) is 13.2 Å². The zero-order valence-electron chi connectivity index (χ0n) is 59.3. The summed E-state index contributed by atoms with van der Waals surface area (Å²) in [6.07, 6.45) is 5.37. The Hall–Kier alpha value is -7.06. The van der Waals surface area contributed by atoms with Gasteiger partial charge in [-0.3, -0.25) is 57.5 Å². The van der Waals surface area contributed by atoms with Crippen LogP contribution in [0.1, 0.15) is 174 Å². The second-order valence-electron chi connectivity index (χ2n) is 29.0. The lowest BCUT2D eigenvalue weighted by atomic mass is 9.78. The molecule has 0 unspecified atom stereocenters. The van der Waals surface area contributed by atoms with Gasteiger partial charge in [0.15, 0.2) is 0 Å². The maximum absolute atomic E-state index is 15.4. The standard InChI is InChI=1S/C70H106ClF3N12O12/c1-12-44(4)58-66(96)80(7)41-56(89)78(5)42-57(90)81(8)52(38-45-23-15-13-16-24-45)64(94)79(6)40-54(87)75-50(31-29-46-28-30-48(49(71)37-46)70(72,73)74)63(93)86-36-22-27-51(86)61(91)77-69(32-17-18-33-69)68(98)84(11)59(43(2)3)67(97)82(9)53(65(95)85-34-19-14-20-35-85)39-55(88)83(10)60(62(92)76-58)47-25-21-26-47/h28,30,37,43-45,47,50-53,58-60H,12-27,29,31-36,38-42H2,1-11H3,(H,75,87)(H,76,92)(H,77,91)/t44-,50-,51-,52-,53-,58-,59-,60-/m0/s1. The van der Waals surface area contributed by atoms with E-state index in [4.69, 9.17) is 11.6 Å². The van der Waals surface area contributed by atoms with E-state index in [-0.39, 0.29) is 56.9 Å². The molecule has 0 radical (unpaired) electrons. The van der Waals surface area contributed by atoms with Gasteiger partial charge >= 0.3 is 6.18 Å². The van der Waals surface area contributed by atoms with Gasteiger partial charge < -0.3 is 60.0 Å². The Kier molecular flexibility index (Phi) is 27.4. The number of alkyl halides is 3. The van der Waals surface area contributed by atoms with Crippen LogP contribution in [-0.4, -0.2) is 251 Å². The maximum atomic E-state index is 15.4. The van der Waals surface area contributed by atoms with Gasteiger partial charge in [0.2, 0.25) is 70.9 Å². The molecule has 0 bridgehead atoms. The summed E-state index contributed by atoms with van der Waals surface area (Å²) in [5.74, 6) is -9.11. The average Bonchev–Trinajstić information content (AvgIpc) is 1.43. The van der Waals surface area contributed by atoms with Crippen LogP contribution in [0.5, 0.6) is 0 Å². The summed E-state index contributed by atoms with van der Waals surface area (Å²) in [5, 5.41) is 8.14. The lowest BCUT2D eigenvalue weighted by Crippen LogP contribution is -2.65. The number of piperidine rings is 1. The Bertz CT molecular complexity index is 3080. The van der Waals surface area contributed by atoms with Gasteiger partial charge in [-0.15, -0.1) is 0 Å². The minimum Gasteiger partial charge on any atom is -0.343 e. The van der Waals surface area contributed by atoms with E-state index in [1.807, 2.05) is 6.92 Å². The fourth-order valence-corrected chi connectivity index (χ4v) is 15.5. The third-order valence-electron chi connectivity index (χ3n) is 21.7. The number of rotatable bonds is 10. The van der Waals surface area contributed by atoms with Crippen molar-refractivity contribution in [1.82, 2.24) is 60.0 Å². The summed E-state index contributed by atoms with van der Waals surface area (Å²) in [6, 6.07) is -5.52. The number of carbonyl (C=O) groups excluding carboxylic acids is 12. The van der Waals surface area contributed by atoms with Crippen LogP contribution >= 0.6 is 11.6 Å². The second kappa shape index (κ2) is 34.3. The smallest absolute Gasteiger partial charge is 0.343 e. The van der Waals surface area contributed by atoms with Gasteiger partial charge in [0, 0.05) is 69.0 Å². The fourth-order valence-electron chi connectivity index (χ4n) is 15.2. The molecule has 1 aromatic carbocycles. The number of hydrogen-bond acceptors (Lipinski definition) is 12. The van der Waals surface area contributed by atoms with E-state index < -0.39 is 173 Å². The van der Waals surface area contributed by atoms with Crippen molar-refractivity contribution in [3.8, 4) is 0 Å². The third-order valence-corrected chi connectivity index (χ3v) is 22.0. The first-order chi connectivity index (χ1) is 46.2. The number of likely N-dealkylation sites (N-methyl/N-ethyl adjacent to an activating group) is 7.